The van der Waals surface area contributed by atoms with Crippen LogP contribution in [0.2, 0.25) is 5.02 Å². The smallest absolute Gasteiger partial charge is 0.337 e. The van der Waals surface area contributed by atoms with Gasteiger partial charge in [-0.2, -0.15) is 0 Å². The Morgan fingerprint density at radius 3 is 2.50 bits per heavy atom. The average Bonchev–Trinajstić information content (AvgIpc) is 3.43. The monoisotopic (exact) mass is 346 g/mol. The molecule has 1 fully saturated rings. The molecule has 2 aromatic rings. The van der Waals surface area contributed by atoms with Gasteiger partial charge in [0.05, 0.1) is 23.4 Å². The van der Waals surface area contributed by atoms with Crippen LogP contribution in [-0.2, 0) is 9.53 Å². The zero-order valence-electron chi connectivity index (χ0n) is 12.9. The largest absolute Gasteiger partial charge is 0.465 e. The van der Waals surface area contributed by atoms with Gasteiger partial charge < -0.3 is 15.4 Å². The van der Waals surface area contributed by atoms with Crippen molar-refractivity contribution in [1.82, 2.24) is 10.2 Å². The molecule has 1 aromatic heterocycles. The highest BCUT2D eigenvalue weighted by Gasteiger charge is 2.29. The lowest BCUT2D eigenvalue weighted by Gasteiger charge is -2.09. The molecule has 7 nitrogen and oxygen atoms in total. The third-order valence-corrected chi connectivity index (χ3v) is 3.84. The van der Waals surface area contributed by atoms with Crippen molar-refractivity contribution in [2.24, 2.45) is 5.92 Å². The van der Waals surface area contributed by atoms with Gasteiger partial charge in [-0.25, -0.2) is 4.79 Å². The topological polar surface area (TPSA) is 93.2 Å². The Kier molecular flexibility index (Phi) is 4.61. The van der Waals surface area contributed by atoms with Gasteiger partial charge in [-0.15, -0.1) is 10.2 Å². The van der Waals surface area contributed by atoms with Crippen molar-refractivity contribution in [3.63, 3.8) is 0 Å². The summed E-state index contributed by atoms with van der Waals surface area (Å²) in [4.78, 5) is 23.2. The zero-order chi connectivity index (χ0) is 17.1. The number of esters is 1. The van der Waals surface area contributed by atoms with Gasteiger partial charge in [0.25, 0.3) is 0 Å². The van der Waals surface area contributed by atoms with E-state index in [1.807, 2.05) is 0 Å². The van der Waals surface area contributed by atoms with Gasteiger partial charge in [-0.3, -0.25) is 4.79 Å². The fraction of sp³-hybridized carbons (Fsp3) is 0.250. The van der Waals surface area contributed by atoms with Crippen molar-refractivity contribution in [2.45, 2.75) is 12.8 Å². The van der Waals surface area contributed by atoms with E-state index < -0.39 is 5.97 Å². The molecule has 1 aliphatic rings. The van der Waals surface area contributed by atoms with Gasteiger partial charge in [0.1, 0.15) is 0 Å². The number of hydrogen-bond acceptors (Lipinski definition) is 6. The van der Waals surface area contributed by atoms with Crippen LogP contribution < -0.4 is 10.6 Å². The summed E-state index contributed by atoms with van der Waals surface area (Å²) in [6.45, 7) is 0. The molecule has 1 amide bonds. The molecule has 1 aromatic carbocycles. The molecule has 0 unspecified atom stereocenters. The minimum Gasteiger partial charge on any atom is -0.465 e. The second-order valence-electron chi connectivity index (χ2n) is 5.38. The number of amides is 1. The average molecular weight is 347 g/mol. The number of halogens is 1. The van der Waals surface area contributed by atoms with E-state index in [1.54, 1.807) is 30.3 Å². The highest BCUT2D eigenvalue weighted by atomic mass is 35.5. The van der Waals surface area contributed by atoms with Crippen LogP contribution in [0.4, 0.5) is 17.3 Å². The van der Waals surface area contributed by atoms with Crippen LogP contribution in [0.25, 0.3) is 0 Å². The predicted molar refractivity (Wildman–Crippen MR) is 89.5 cm³/mol. The Hall–Kier alpha value is -2.67. The van der Waals surface area contributed by atoms with Gasteiger partial charge >= 0.3 is 5.97 Å². The van der Waals surface area contributed by atoms with Crippen molar-refractivity contribution in [1.29, 1.82) is 0 Å². The highest BCUT2D eigenvalue weighted by Crippen LogP contribution is 2.30. The molecule has 1 saturated carbocycles. The van der Waals surface area contributed by atoms with Crippen molar-refractivity contribution < 1.29 is 14.3 Å². The molecule has 0 radical (unpaired) electrons. The summed E-state index contributed by atoms with van der Waals surface area (Å²) in [6, 6.07) is 8.04. The molecule has 0 atom stereocenters. The third-order valence-electron chi connectivity index (χ3n) is 3.51. The first-order valence-corrected chi connectivity index (χ1v) is 7.74. The van der Waals surface area contributed by atoms with Crippen LogP contribution in [0.15, 0.2) is 30.3 Å². The Morgan fingerprint density at radius 1 is 1.17 bits per heavy atom. The molecule has 2 N–H and O–H groups in total. The maximum Gasteiger partial charge on any atom is 0.337 e. The molecule has 1 aliphatic carbocycles. The molecular weight excluding hydrogens is 332 g/mol. The fourth-order valence-corrected chi connectivity index (χ4v) is 2.21. The van der Waals surface area contributed by atoms with E-state index >= 15 is 0 Å². The van der Waals surface area contributed by atoms with Gasteiger partial charge in [-0.05, 0) is 43.2 Å². The number of aromatic nitrogens is 2. The molecule has 124 valence electrons. The maximum atomic E-state index is 11.7. The fourth-order valence-electron chi connectivity index (χ4n) is 2.04. The summed E-state index contributed by atoms with van der Waals surface area (Å²) >= 11 is 6.12. The van der Waals surface area contributed by atoms with Crippen molar-refractivity contribution >= 4 is 40.8 Å². The first kappa shape index (κ1) is 16.2. The molecule has 0 bridgehead atoms. The van der Waals surface area contributed by atoms with Crippen LogP contribution in [0.3, 0.4) is 0 Å². The molecular formula is C16H15ClN4O3. The van der Waals surface area contributed by atoms with Crippen molar-refractivity contribution in [2.75, 3.05) is 17.7 Å². The summed E-state index contributed by atoms with van der Waals surface area (Å²) in [5, 5.41) is 14.1. The maximum absolute atomic E-state index is 11.7. The van der Waals surface area contributed by atoms with Crippen molar-refractivity contribution in [3.8, 4) is 0 Å². The lowest BCUT2D eigenvalue weighted by molar-refractivity contribution is -0.117. The number of benzene rings is 1. The first-order chi connectivity index (χ1) is 11.6. The number of nitrogens with zero attached hydrogens (tertiary/aromatic N) is 2. The number of methoxy groups -OCH3 is 1. The number of hydrogen-bond donors (Lipinski definition) is 2. The molecule has 1 heterocycles. The number of carbonyl (C=O) groups is 2. The molecule has 3 rings (SSSR count). The molecule has 0 saturated heterocycles. The number of anilines is 3. The lowest BCUT2D eigenvalue weighted by Crippen LogP contribution is -2.14. The van der Waals surface area contributed by atoms with Gasteiger partial charge in [0.15, 0.2) is 11.6 Å². The SMILES string of the molecule is COC(=O)c1ccc(Cl)c(Nc2ccc(NC(=O)C3CC3)nn2)c1. The van der Waals surface area contributed by atoms with Gasteiger partial charge in [0, 0.05) is 5.92 Å². The number of rotatable bonds is 5. The molecule has 8 heteroatoms. The van der Waals surface area contributed by atoms with Gasteiger partial charge in [0.2, 0.25) is 5.91 Å². The van der Waals surface area contributed by atoms with E-state index in [0.29, 0.717) is 27.9 Å². The van der Waals surface area contributed by atoms with E-state index in [-0.39, 0.29) is 11.8 Å². The van der Waals surface area contributed by atoms with Gasteiger partial charge in [-0.1, -0.05) is 11.6 Å². The van der Waals surface area contributed by atoms with Crippen molar-refractivity contribution in [3.05, 3.63) is 40.9 Å². The Bertz CT molecular complexity index is 775. The molecule has 0 aliphatic heterocycles. The predicted octanol–water partition coefficient (Wildman–Crippen LogP) is 3.01. The first-order valence-electron chi connectivity index (χ1n) is 7.36. The van der Waals surface area contributed by atoms with E-state index in [2.05, 4.69) is 25.6 Å². The Labute approximate surface area is 143 Å². The molecule has 24 heavy (non-hydrogen) atoms. The molecule has 0 spiro atoms. The minimum atomic E-state index is -0.459. The summed E-state index contributed by atoms with van der Waals surface area (Å²) < 4.78 is 4.68. The van der Waals surface area contributed by atoms with E-state index in [9.17, 15) is 9.59 Å². The van der Waals surface area contributed by atoms with E-state index in [1.165, 1.54) is 7.11 Å². The highest BCUT2D eigenvalue weighted by molar-refractivity contribution is 6.33. The summed E-state index contributed by atoms with van der Waals surface area (Å²) in [7, 11) is 1.31. The minimum absolute atomic E-state index is 0.0289. The second-order valence-corrected chi connectivity index (χ2v) is 5.79. The van der Waals surface area contributed by atoms with E-state index in [0.717, 1.165) is 12.8 Å². The Balaban J connectivity index is 1.71. The van der Waals surface area contributed by atoms with Crippen LogP contribution in [0.5, 0.6) is 0 Å². The van der Waals surface area contributed by atoms with Crippen LogP contribution >= 0.6 is 11.6 Å². The summed E-state index contributed by atoms with van der Waals surface area (Å²) in [5.41, 5.74) is 0.870. The van der Waals surface area contributed by atoms with Crippen LogP contribution in [-0.4, -0.2) is 29.2 Å². The van der Waals surface area contributed by atoms with Crippen LogP contribution in [0.1, 0.15) is 23.2 Å². The normalized spacial score (nSPS) is 13.2. The standard InChI is InChI=1S/C16H15ClN4O3/c1-24-16(23)10-4-5-11(17)12(8-10)18-13-6-7-14(21-20-13)19-15(22)9-2-3-9/h4-9H,2-3H2,1H3,(H,18,20)(H,19,21,22). The second kappa shape index (κ2) is 6.84. The zero-order valence-corrected chi connectivity index (χ0v) is 13.6. The third kappa shape index (κ3) is 3.80. The number of nitrogens with one attached hydrogen (secondary N) is 2. The quantitative estimate of drug-likeness (QED) is 0.808. The summed E-state index contributed by atoms with van der Waals surface area (Å²) in [6.07, 6.45) is 1.85. The Morgan fingerprint density at radius 2 is 1.88 bits per heavy atom. The lowest BCUT2D eigenvalue weighted by atomic mass is 10.2. The number of carbonyl (C=O) groups excluding carboxylic acids is 2. The van der Waals surface area contributed by atoms with E-state index in [4.69, 9.17) is 11.6 Å². The van der Waals surface area contributed by atoms with Crippen LogP contribution in [0, 0.1) is 5.92 Å². The summed E-state index contributed by atoms with van der Waals surface area (Å²) in [5.74, 6) is 0.442. The number of ether oxygens (including phenoxy) is 1.